The first-order valence-corrected chi connectivity index (χ1v) is 8.81. The SMILES string of the molecule is CC(c1cc2ccccc2o1)N(C)C(=O)c1cn(Cc2ccccc2)nn1. The highest BCUT2D eigenvalue weighted by molar-refractivity contribution is 5.92. The van der Waals surface area contributed by atoms with Gasteiger partial charge in [-0.05, 0) is 24.6 Å². The maximum absolute atomic E-state index is 12.8. The highest BCUT2D eigenvalue weighted by Crippen LogP contribution is 2.27. The molecule has 0 saturated carbocycles. The largest absolute Gasteiger partial charge is 0.459 e. The van der Waals surface area contributed by atoms with Crippen LogP contribution in [0.15, 0.2) is 71.3 Å². The minimum atomic E-state index is -0.218. The summed E-state index contributed by atoms with van der Waals surface area (Å²) in [5.74, 6) is 0.547. The van der Waals surface area contributed by atoms with Gasteiger partial charge in [0.1, 0.15) is 11.3 Å². The summed E-state index contributed by atoms with van der Waals surface area (Å²) in [7, 11) is 1.75. The van der Waals surface area contributed by atoms with Crippen molar-refractivity contribution in [1.82, 2.24) is 19.9 Å². The fraction of sp³-hybridized carbons (Fsp3) is 0.190. The Morgan fingerprint density at radius 1 is 1.15 bits per heavy atom. The van der Waals surface area contributed by atoms with Crippen LogP contribution in [0.4, 0.5) is 0 Å². The fourth-order valence-electron chi connectivity index (χ4n) is 3.00. The predicted octanol–water partition coefficient (Wildman–Crippen LogP) is 3.91. The molecule has 0 spiro atoms. The van der Waals surface area contributed by atoms with Crippen LogP contribution < -0.4 is 0 Å². The predicted molar refractivity (Wildman–Crippen MR) is 102 cm³/mol. The maximum Gasteiger partial charge on any atom is 0.276 e. The number of hydrogen-bond acceptors (Lipinski definition) is 4. The number of aromatic nitrogens is 3. The van der Waals surface area contributed by atoms with Gasteiger partial charge in [0.25, 0.3) is 5.91 Å². The van der Waals surface area contributed by atoms with E-state index in [0.29, 0.717) is 12.2 Å². The molecule has 0 N–H and O–H groups in total. The van der Waals surface area contributed by atoms with E-state index in [1.54, 1.807) is 22.8 Å². The quantitative estimate of drug-likeness (QED) is 0.541. The third-order valence-electron chi connectivity index (χ3n) is 4.70. The van der Waals surface area contributed by atoms with Gasteiger partial charge >= 0.3 is 0 Å². The molecule has 0 saturated heterocycles. The minimum Gasteiger partial charge on any atom is -0.459 e. The second-order valence-corrected chi connectivity index (χ2v) is 6.57. The van der Waals surface area contributed by atoms with Gasteiger partial charge in [0.15, 0.2) is 5.69 Å². The molecule has 0 aliphatic carbocycles. The molecule has 0 radical (unpaired) electrons. The molecule has 0 fully saturated rings. The zero-order valence-electron chi connectivity index (χ0n) is 15.2. The van der Waals surface area contributed by atoms with E-state index in [0.717, 1.165) is 22.3 Å². The van der Waals surface area contributed by atoms with E-state index in [-0.39, 0.29) is 11.9 Å². The van der Waals surface area contributed by atoms with Crippen LogP contribution in [0.1, 0.15) is 34.8 Å². The maximum atomic E-state index is 12.8. The summed E-state index contributed by atoms with van der Waals surface area (Å²) < 4.78 is 7.55. The number of amides is 1. The number of carbonyl (C=O) groups excluding carboxylic acids is 1. The first-order chi connectivity index (χ1) is 13.1. The molecule has 0 bridgehead atoms. The lowest BCUT2D eigenvalue weighted by Gasteiger charge is -2.22. The first-order valence-electron chi connectivity index (χ1n) is 8.81. The standard InChI is InChI=1S/C21H20N4O2/c1-15(20-12-17-10-6-7-11-19(17)27-20)24(2)21(26)18-14-25(23-22-18)13-16-8-4-3-5-9-16/h3-12,14-15H,13H2,1-2H3. The molecule has 4 rings (SSSR count). The Labute approximate surface area is 157 Å². The molecule has 1 amide bonds. The second kappa shape index (κ2) is 7.07. The van der Waals surface area contributed by atoms with E-state index in [9.17, 15) is 4.79 Å². The second-order valence-electron chi connectivity index (χ2n) is 6.57. The van der Waals surface area contributed by atoms with Crippen molar-refractivity contribution in [2.75, 3.05) is 7.05 Å². The number of carbonyl (C=O) groups is 1. The molecule has 27 heavy (non-hydrogen) atoms. The average molecular weight is 360 g/mol. The lowest BCUT2D eigenvalue weighted by atomic mass is 10.2. The third kappa shape index (κ3) is 3.46. The Morgan fingerprint density at radius 2 is 1.89 bits per heavy atom. The van der Waals surface area contributed by atoms with E-state index in [1.165, 1.54) is 0 Å². The van der Waals surface area contributed by atoms with Gasteiger partial charge < -0.3 is 9.32 Å². The lowest BCUT2D eigenvalue weighted by Crippen LogP contribution is -2.29. The normalized spacial score (nSPS) is 12.2. The van der Waals surface area contributed by atoms with Crippen LogP contribution in [0.25, 0.3) is 11.0 Å². The smallest absolute Gasteiger partial charge is 0.276 e. The first kappa shape index (κ1) is 17.0. The molecule has 2 aromatic heterocycles. The van der Waals surface area contributed by atoms with Gasteiger partial charge in [-0.1, -0.05) is 53.7 Å². The lowest BCUT2D eigenvalue weighted by molar-refractivity contribution is 0.0721. The highest BCUT2D eigenvalue weighted by Gasteiger charge is 2.24. The molecule has 6 nitrogen and oxygen atoms in total. The topological polar surface area (TPSA) is 64.2 Å². The van der Waals surface area contributed by atoms with Crippen LogP contribution in [0.2, 0.25) is 0 Å². The van der Waals surface area contributed by atoms with Gasteiger partial charge in [-0.3, -0.25) is 4.79 Å². The molecule has 0 aliphatic rings. The van der Waals surface area contributed by atoms with Crippen molar-refractivity contribution < 1.29 is 9.21 Å². The highest BCUT2D eigenvalue weighted by atomic mass is 16.3. The van der Waals surface area contributed by atoms with E-state index in [2.05, 4.69) is 10.3 Å². The third-order valence-corrected chi connectivity index (χ3v) is 4.70. The molecule has 1 atom stereocenters. The van der Waals surface area contributed by atoms with E-state index in [4.69, 9.17) is 4.42 Å². The Balaban J connectivity index is 1.50. The van der Waals surface area contributed by atoms with Crippen LogP contribution in [0, 0.1) is 0 Å². The molecule has 0 aliphatic heterocycles. The number of fused-ring (bicyclic) bond motifs is 1. The van der Waals surface area contributed by atoms with E-state index >= 15 is 0 Å². The fourth-order valence-corrected chi connectivity index (χ4v) is 3.00. The van der Waals surface area contributed by atoms with Crippen molar-refractivity contribution in [2.24, 2.45) is 0 Å². The Bertz CT molecular complexity index is 1030. The van der Waals surface area contributed by atoms with Crippen LogP contribution in [-0.2, 0) is 6.54 Å². The Morgan fingerprint density at radius 3 is 2.67 bits per heavy atom. The van der Waals surface area contributed by atoms with Crippen molar-refractivity contribution >= 4 is 16.9 Å². The van der Waals surface area contributed by atoms with Crippen molar-refractivity contribution in [2.45, 2.75) is 19.5 Å². The van der Waals surface area contributed by atoms with Crippen LogP contribution in [0.3, 0.4) is 0 Å². The van der Waals surface area contributed by atoms with Gasteiger partial charge in [-0.25, -0.2) is 4.68 Å². The number of furan rings is 1. The molecule has 2 aromatic carbocycles. The number of hydrogen-bond donors (Lipinski definition) is 0. The van der Waals surface area contributed by atoms with Crippen molar-refractivity contribution in [3.63, 3.8) is 0 Å². The Hall–Kier alpha value is -3.41. The monoisotopic (exact) mass is 360 g/mol. The van der Waals surface area contributed by atoms with Crippen LogP contribution in [-0.4, -0.2) is 32.8 Å². The van der Waals surface area contributed by atoms with Gasteiger partial charge in [-0.15, -0.1) is 5.10 Å². The summed E-state index contributed by atoms with van der Waals surface area (Å²) in [6, 6.07) is 19.5. The molecule has 6 heteroatoms. The number of nitrogens with zero attached hydrogens (tertiary/aromatic N) is 4. The minimum absolute atomic E-state index is 0.192. The summed E-state index contributed by atoms with van der Waals surface area (Å²) in [4.78, 5) is 14.4. The van der Waals surface area contributed by atoms with Crippen molar-refractivity contribution in [1.29, 1.82) is 0 Å². The summed E-state index contributed by atoms with van der Waals surface area (Å²) >= 11 is 0. The van der Waals surface area contributed by atoms with E-state index < -0.39 is 0 Å². The van der Waals surface area contributed by atoms with Crippen LogP contribution in [0.5, 0.6) is 0 Å². The van der Waals surface area contributed by atoms with Crippen molar-refractivity contribution in [3.05, 3.63) is 83.9 Å². The molecule has 1 unspecified atom stereocenters. The molecular formula is C21H20N4O2. The number of rotatable bonds is 5. The Kier molecular flexibility index (Phi) is 4.46. The zero-order chi connectivity index (χ0) is 18.8. The van der Waals surface area contributed by atoms with Gasteiger partial charge in [0.2, 0.25) is 0 Å². The van der Waals surface area contributed by atoms with Gasteiger partial charge in [0.05, 0.1) is 18.8 Å². The van der Waals surface area contributed by atoms with Crippen molar-refractivity contribution in [3.8, 4) is 0 Å². The number of para-hydroxylation sites is 1. The van der Waals surface area contributed by atoms with Gasteiger partial charge in [0, 0.05) is 12.4 Å². The summed E-state index contributed by atoms with van der Waals surface area (Å²) in [5.41, 5.74) is 2.23. The average Bonchev–Trinajstić information content (AvgIpc) is 3.34. The number of benzene rings is 2. The summed E-state index contributed by atoms with van der Waals surface area (Å²) in [5, 5.41) is 9.14. The molecule has 2 heterocycles. The molecule has 4 aromatic rings. The zero-order valence-corrected chi connectivity index (χ0v) is 15.2. The van der Waals surface area contributed by atoms with Gasteiger partial charge in [-0.2, -0.15) is 0 Å². The summed E-state index contributed by atoms with van der Waals surface area (Å²) in [6.07, 6.45) is 1.68. The summed E-state index contributed by atoms with van der Waals surface area (Å²) in [6.45, 7) is 2.51. The molecule has 136 valence electrons. The van der Waals surface area contributed by atoms with E-state index in [1.807, 2.05) is 67.6 Å². The molecular weight excluding hydrogens is 340 g/mol. The van der Waals surface area contributed by atoms with Crippen LogP contribution >= 0.6 is 0 Å².